The number of carbonyl (C=O) groups excluding carboxylic acids is 1. The Hall–Kier alpha value is -2.40. The zero-order valence-corrected chi connectivity index (χ0v) is 16.5. The number of aromatic amines is 1. The average molecular weight is 425 g/mol. The second-order valence-corrected chi connectivity index (χ2v) is 8.19. The molecule has 1 unspecified atom stereocenters. The van der Waals surface area contributed by atoms with Gasteiger partial charge in [-0.2, -0.15) is 0 Å². The molecule has 2 aromatic carbocycles. The number of aromatic nitrogens is 1. The van der Waals surface area contributed by atoms with Crippen LogP contribution in [-0.2, 0) is 6.42 Å². The highest BCUT2D eigenvalue weighted by molar-refractivity contribution is 9.10. The molecule has 1 aromatic heterocycles. The Bertz CT molecular complexity index is 1040. The monoisotopic (exact) mass is 424 g/mol. The molecule has 1 heterocycles. The first-order valence-electron chi connectivity index (χ1n) is 9.26. The first kappa shape index (κ1) is 18.0. The summed E-state index contributed by atoms with van der Waals surface area (Å²) in [5.41, 5.74) is 2.04. The topological polar surface area (TPSA) is 62.0 Å². The molecule has 4 rings (SSSR count). The molecule has 138 valence electrons. The summed E-state index contributed by atoms with van der Waals surface area (Å²) in [5, 5.41) is 3.95. The highest BCUT2D eigenvalue weighted by Crippen LogP contribution is 2.34. The molecule has 1 aliphatic rings. The lowest BCUT2D eigenvalue weighted by Crippen LogP contribution is -2.37. The Morgan fingerprint density at radius 2 is 1.96 bits per heavy atom. The van der Waals surface area contributed by atoms with Crippen LogP contribution in [0, 0.1) is 5.92 Å². The van der Waals surface area contributed by atoms with Crippen molar-refractivity contribution in [3.63, 3.8) is 0 Å². The highest BCUT2D eigenvalue weighted by atomic mass is 79.9. The molecule has 3 aromatic rings. The second kappa shape index (κ2) is 7.69. The van der Waals surface area contributed by atoms with E-state index in [1.165, 1.54) is 24.5 Å². The molecule has 1 saturated carbocycles. The van der Waals surface area contributed by atoms with Crippen LogP contribution >= 0.6 is 15.9 Å². The van der Waals surface area contributed by atoms with E-state index in [-0.39, 0.29) is 17.5 Å². The number of halogens is 1. The molecule has 0 spiro atoms. The highest BCUT2D eigenvalue weighted by Gasteiger charge is 2.27. The van der Waals surface area contributed by atoms with Gasteiger partial charge < -0.3 is 10.3 Å². The summed E-state index contributed by atoms with van der Waals surface area (Å²) in [5.74, 6) is 0.510. The molecule has 5 heteroatoms. The number of hydrogen-bond donors (Lipinski definition) is 2. The van der Waals surface area contributed by atoms with E-state index < -0.39 is 0 Å². The van der Waals surface area contributed by atoms with Crippen LogP contribution in [0.4, 0.5) is 0 Å². The molecule has 1 fully saturated rings. The van der Waals surface area contributed by atoms with Crippen molar-refractivity contribution in [3.05, 3.63) is 80.6 Å². The maximum atomic E-state index is 13.0. The Kier molecular flexibility index (Phi) is 5.12. The summed E-state index contributed by atoms with van der Waals surface area (Å²) in [6, 6.07) is 17.0. The fraction of sp³-hybridized carbons (Fsp3) is 0.273. The third-order valence-electron chi connectivity index (χ3n) is 5.02. The van der Waals surface area contributed by atoms with Gasteiger partial charge in [0.2, 0.25) is 5.56 Å². The van der Waals surface area contributed by atoms with Gasteiger partial charge in [0.15, 0.2) is 0 Å². The van der Waals surface area contributed by atoms with Crippen LogP contribution in [-0.4, -0.2) is 16.9 Å². The molecular formula is C22H21BrN2O2. The smallest absolute Gasteiger partial charge is 0.252 e. The molecular weight excluding hydrogens is 404 g/mol. The molecule has 4 nitrogen and oxygen atoms in total. The summed E-state index contributed by atoms with van der Waals surface area (Å²) in [6.45, 7) is 0. The number of benzene rings is 2. The number of H-pyrrole nitrogens is 1. The zero-order valence-electron chi connectivity index (χ0n) is 14.9. The Balaban J connectivity index is 1.59. The molecule has 0 aliphatic heterocycles. The molecule has 0 radical (unpaired) electrons. The van der Waals surface area contributed by atoms with Gasteiger partial charge in [0.1, 0.15) is 0 Å². The van der Waals surface area contributed by atoms with Gasteiger partial charge in [-0.15, -0.1) is 0 Å². The Morgan fingerprint density at radius 1 is 1.15 bits per heavy atom. The van der Waals surface area contributed by atoms with Gasteiger partial charge in [-0.05, 0) is 42.5 Å². The van der Waals surface area contributed by atoms with Crippen LogP contribution in [0.15, 0.2) is 63.9 Å². The fourth-order valence-corrected chi connectivity index (χ4v) is 4.00. The van der Waals surface area contributed by atoms with Gasteiger partial charge in [-0.1, -0.05) is 59.1 Å². The lowest BCUT2D eigenvalue weighted by atomic mass is 10.00. The van der Waals surface area contributed by atoms with E-state index in [1.54, 1.807) is 0 Å². The maximum absolute atomic E-state index is 13.0. The van der Waals surface area contributed by atoms with Crippen molar-refractivity contribution in [1.82, 2.24) is 10.3 Å². The Morgan fingerprint density at radius 3 is 2.74 bits per heavy atom. The first-order valence-corrected chi connectivity index (χ1v) is 10.0. The van der Waals surface area contributed by atoms with E-state index in [0.717, 1.165) is 22.7 Å². The quantitative estimate of drug-likeness (QED) is 0.614. The molecule has 1 amide bonds. The number of rotatable bonds is 6. The van der Waals surface area contributed by atoms with Gasteiger partial charge in [-0.3, -0.25) is 9.59 Å². The van der Waals surface area contributed by atoms with Crippen molar-refractivity contribution >= 4 is 32.7 Å². The van der Waals surface area contributed by atoms with Gasteiger partial charge in [-0.25, -0.2) is 0 Å². The minimum Gasteiger partial charge on any atom is -0.349 e. The van der Waals surface area contributed by atoms with Gasteiger partial charge in [0.05, 0.1) is 5.56 Å². The van der Waals surface area contributed by atoms with Crippen molar-refractivity contribution in [2.24, 2.45) is 5.92 Å². The molecule has 1 aliphatic carbocycles. The lowest BCUT2D eigenvalue weighted by Gasteiger charge is -2.19. The SMILES string of the molecule is O=C(NC(Cc1cccc(Br)c1)CC1CC1)c1cc(=O)[nH]c2ccccc12. The van der Waals surface area contributed by atoms with Crippen LogP contribution in [0.3, 0.4) is 0 Å². The van der Waals surface area contributed by atoms with E-state index in [2.05, 4.69) is 38.4 Å². The molecule has 0 saturated heterocycles. The number of amides is 1. The van der Waals surface area contributed by atoms with E-state index in [9.17, 15) is 9.59 Å². The predicted molar refractivity (Wildman–Crippen MR) is 111 cm³/mol. The average Bonchev–Trinajstić information content (AvgIpc) is 3.45. The summed E-state index contributed by atoms with van der Waals surface area (Å²) < 4.78 is 1.04. The summed E-state index contributed by atoms with van der Waals surface area (Å²) in [7, 11) is 0. The first-order chi connectivity index (χ1) is 13.1. The van der Waals surface area contributed by atoms with Crippen molar-refractivity contribution in [2.75, 3.05) is 0 Å². The second-order valence-electron chi connectivity index (χ2n) is 7.28. The summed E-state index contributed by atoms with van der Waals surface area (Å²) in [4.78, 5) is 27.8. The van der Waals surface area contributed by atoms with Crippen LogP contribution in [0.5, 0.6) is 0 Å². The van der Waals surface area contributed by atoms with Gasteiger partial charge in [0, 0.05) is 27.5 Å². The minimum absolute atomic E-state index is 0.0531. The van der Waals surface area contributed by atoms with E-state index in [0.29, 0.717) is 17.0 Å². The normalized spacial score (nSPS) is 14.9. The number of hydrogen-bond acceptors (Lipinski definition) is 2. The van der Waals surface area contributed by atoms with Crippen molar-refractivity contribution in [3.8, 4) is 0 Å². The third kappa shape index (κ3) is 4.48. The number of carbonyl (C=O) groups is 1. The van der Waals surface area contributed by atoms with Crippen LogP contribution in [0.1, 0.15) is 35.2 Å². The number of fused-ring (bicyclic) bond motifs is 1. The van der Waals surface area contributed by atoms with Crippen molar-refractivity contribution in [1.29, 1.82) is 0 Å². The van der Waals surface area contributed by atoms with E-state index >= 15 is 0 Å². The van der Waals surface area contributed by atoms with Crippen molar-refractivity contribution < 1.29 is 4.79 Å². The standard InChI is InChI=1S/C22H21BrN2O2/c23-16-5-3-4-15(10-16)12-17(11-14-8-9-14)24-22(27)19-13-21(26)25-20-7-2-1-6-18(19)20/h1-7,10,13-14,17H,8-9,11-12H2,(H,24,27)(H,25,26). The minimum atomic E-state index is -0.260. The fourth-order valence-electron chi connectivity index (χ4n) is 3.55. The van der Waals surface area contributed by atoms with Crippen LogP contribution in [0.25, 0.3) is 10.9 Å². The van der Waals surface area contributed by atoms with Crippen LogP contribution in [0.2, 0.25) is 0 Å². The van der Waals surface area contributed by atoms with E-state index in [1.807, 2.05) is 36.4 Å². The summed E-state index contributed by atoms with van der Waals surface area (Å²) in [6.07, 6.45) is 4.22. The molecule has 2 N–H and O–H groups in total. The third-order valence-corrected chi connectivity index (χ3v) is 5.51. The maximum Gasteiger partial charge on any atom is 0.252 e. The number of pyridine rings is 1. The largest absolute Gasteiger partial charge is 0.349 e. The number of nitrogens with one attached hydrogen (secondary N) is 2. The van der Waals surface area contributed by atoms with Crippen LogP contribution < -0.4 is 10.9 Å². The van der Waals surface area contributed by atoms with Gasteiger partial charge in [0.25, 0.3) is 5.91 Å². The van der Waals surface area contributed by atoms with Crippen molar-refractivity contribution in [2.45, 2.75) is 31.7 Å². The van der Waals surface area contributed by atoms with Gasteiger partial charge >= 0.3 is 0 Å². The predicted octanol–water partition coefficient (Wildman–Crippen LogP) is 4.43. The molecule has 1 atom stereocenters. The zero-order chi connectivity index (χ0) is 18.8. The Labute approximate surface area is 166 Å². The van der Waals surface area contributed by atoms with E-state index in [4.69, 9.17) is 0 Å². The summed E-state index contributed by atoms with van der Waals surface area (Å²) >= 11 is 3.51. The molecule has 0 bridgehead atoms. The lowest BCUT2D eigenvalue weighted by molar-refractivity contribution is 0.0935. The molecule has 27 heavy (non-hydrogen) atoms. The number of para-hydroxylation sites is 1.